The van der Waals surface area contributed by atoms with Crippen LogP contribution >= 0.6 is 34.8 Å². The van der Waals surface area contributed by atoms with E-state index in [2.05, 4.69) is 9.44 Å². The van der Waals surface area contributed by atoms with E-state index in [-0.39, 0.29) is 16.4 Å². The van der Waals surface area contributed by atoms with Crippen LogP contribution in [0.4, 0.5) is 0 Å². The third-order valence-corrected chi connectivity index (χ3v) is 5.31. The van der Waals surface area contributed by atoms with Crippen LogP contribution in [0.15, 0.2) is 46.0 Å². The number of carbonyl (C=O) groups is 1. The second-order valence-electron chi connectivity index (χ2n) is 4.49. The van der Waals surface area contributed by atoms with Gasteiger partial charge in [0.25, 0.3) is 0 Å². The van der Waals surface area contributed by atoms with Gasteiger partial charge in [0.15, 0.2) is 5.78 Å². The van der Waals surface area contributed by atoms with E-state index in [9.17, 15) is 13.2 Å². The number of allylic oxidation sites excluding steroid dienone is 2. The van der Waals surface area contributed by atoms with Crippen molar-refractivity contribution in [3.8, 4) is 0 Å². The number of nitrogens with zero attached hydrogens (tertiary/aromatic N) is 1. The lowest BCUT2D eigenvalue weighted by Crippen LogP contribution is -2.36. The molecule has 0 aliphatic heterocycles. The predicted octanol–water partition coefficient (Wildman–Crippen LogP) is 3.15. The fraction of sp³-hybridized carbons (Fsp3) is 0.231. The maximum Gasteiger partial charge on any atom is 0.358 e. The molecule has 2 atom stereocenters. The average molecular weight is 383 g/mol. The van der Waals surface area contributed by atoms with E-state index in [4.69, 9.17) is 34.8 Å². The van der Waals surface area contributed by atoms with Gasteiger partial charge in [0, 0.05) is 5.02 Å². The summed E-state index contributed by atoms with van der Waals surface area (Å²) in [5.74, 6) is -0.332. The van der Waals surface area contributed by atoms with Crippen LogP contribution in [-0.2, 0) is 19.2 Å². The largest absolute Gasteiger partial charge is 0.358 e. The lowest BCUT2D eigenvalue weighted by molar-refractivity contribution is -0.115. The van der Waals surface area contributed by atoms with Crippen molar-refractivity contribution in [2.45, 2.75) is 22.6 Å². The summed E-state index contributed by atoms with van der Waals surface area (Å²) in [5, 5.41) is 1.92. The number of Topliss-reactive ketones (excluding diaryl/α,β-unsaturated/α-hetero) is 1. The lowest BCUT2D eigenvalue weighted by Gasteiger charge is -2.20. The second kappa shape index (κ2) is 6.58. The predicted molar refractivity (Wildman–Crippen MR) is 85.2 cm³/mol. The molecular formula is C13H10Cl3NO4S. The van der Waals surface area contributed by atoms with Crippen molar-refractivity contribution in [3.05, 3.63) is 40.9 Å². The zero-order chi connectivity index (χ0) is 16.5. The van der Waals surface area contributed by atoms with Crippen LogP contribution in [0.5, 0.6) is 0 Å². The Morgan fingerprint density at radius 3 is 2.32 bits per heavy atom. The van der Waals surface area contributed by atoms with E-state index in [0.29, 0.717) is 10.6 Å². The molecule has 1 aromatic carbocycles. The summed E-state index contributed by atoms with van der Waals surface area (Å²) in [5.41, 5.74) is 0.388. The van der Waals surface area contributed by atoms with Gasteiger partial charge in [-0.3, -0.25) is 9.08 Å². The first-order chi connectivity index (χ1) is 10.2. The Hall–Kier alpha value is -1.08. The number of hydrogen-bond acceptors (Lipinski definition) is 5. The van der Waals surface area contributed by atoms with Crippen LogP contribution in [0.2, 0.25) is 5.02 Å². The third-order valence-electron chi connectivity index (χ3n) is 2.89. The molecule has 118 valence electrons. The van der Waals surface area contributed by atoms with Crippen molar-refractivity contribution in [1.82, 2.24) is 0 Å². The summed E-state index contributed by atoms with van der Waals surface area (Å²) in [6.45, 7) is 1.53. The van der Waals surface area contributed by atoms with E-state index < -0.39 is 20.9 Å². The van der Waals surface area contributed by atoms with Gasteiger partial charge in [-0.05, 0) is 42.8 Å². The lowest BCUT2D eigenvalue weighted by atomic mass is 9.97. The van der Waals surface area contributed by atoms with Gasteiger partial charge in [-0.1, -0.05) is 16.8 Å². The van der Waals surface area contributed by atoms with Gasteiger partial charge in [0.2, 0.25) is 0 Å². The summed E-state index contributed by atoms with van der Waals surface area (Å²) in [6, 6.07) is 5.39. The molecule has 0 saturated carbocycles. The van der Waals surface area contributed by atoms with E-state index in [0.717, 1.165) is 0 Å². The number of halogens is 3. The molecular weight excluding hydrogens is 373 g/mol. The van der Waals surface area contributed by atoms with Crippen molar-refractivity contribution < 1.29 is 17.5 Å². The summed E-state index contributed by atoms with van der Waals surface area (Å²) in [4.78, 5) is 11.5. The summed E-state index contributed by atoms with van der Waals surface area (Å²) in [7, 11) is -4.11. The van der Waals surface area contributed by atoms with Gasteiger partial charge >= 0.3 is 10.1 Å². The molecule has 0 saturated heterocycles. The molecule has 0 unspecified atom stereocenters. The number of carbonyl (C=O) groups excluding carboxylic acids is 1. The molecule has 1 aromatic rings. The maximum absolute atomic E-state index is 12.0. The number of ketones is 1. The van der Waals surface area contributed by atoms with Gasteiger partial charge in [0.05, 0.1) is 0 Å². The standard InChI is InChI=1S/C13H10Cl3NO4S/c1-7-6-10(11(15)12(16)13(7)18)17-21-22(19,20)9-4-2-8(14)3-5-9/h2-6,11-12H,1H3/b17-10+/t11-,12+/m1/s1. The monoisotopic (exact) mass is 381 g/mol. The molecule has 0 spiro atoms. The molecule has 0 fully saturated rings. The molecule has 0 heterocycles. The van der Waals surface area contributed by atoms with Crippen LogP contribution in [0, 0.1) is 0 Å². The van der Waals surface area contributed by atoms with Crippen LogP contribution < -0.4 is 0 Å². The Morgan fingerprint density at radius 1 is 1.14 bits per heavy atom. The minimum atomic E-state index is -4.11. The second-order valence-corrected chi connectivity index (χ2v) is 7.40. The quantitative estimate of drug-likeness (QED) is 0.594. The fourth-order valence-corrected chi connectivity index (χ4v) is 3.07. The van der Waals surface area contributed by atoms with Crippen molar-refractivity contribution in [2.24, 2.45) is 5.16 Å². The third kappa shape index (κ3) is 3.63. The molecule has 2 rings (SSSR count). The van der Waals surface area contributed by atoms with Gasteiger partial charge in [-0.25, -0.2) is 0 Å². The van der Waals surface area contributed by atoms with Crippen LogP contribution in [-0.4, -0.2) is 30.7 Å². The van der Waals surface area contributed by atoms with E-state index in [1.165, 1.54) is 37.3 Å². The van der Waals surface area contributed by atoms with E-state index in [1.807, 2.05) is 0 Å². The average Bonchev–Trinajstić information content (AvgIpc) is 2.48. The first kappa shape index (κ1) is 17.3. The molecule has 1 aliphatic carbocycles. The summed E-state index contributed by atoms with van der Waals surface area (Å²) < 4.78 is 28.6. The minimum Gasteiger partial charge on any atom is -0.293 e. The molecule has 0 aromatic heterocycles. The summed E-state index contributed by atoms with van der Waals surface area (Å²) >= 11 is 17.5. The highest BCUT2D eigenvalue weighted by Crippen LogP contribution is 2.24. The van der Waals surface area contributed by atoms with Crippen LogP contribution in [0.25, 0.3) is 0 Å². The zero-order valence-corrected chi connectivity index (χ0v) is 14.2. The van der Waals surface area contributed by atoms with Gasteiger partial charge in [-0.15, -0.1) is 23.2 Å². The van der Waals surface area contributed by atoms with Crippen LogP contribution in [0.1, 0.15) is 6.92 Å². The highest BCUT2D eigenvalue weighted by molar-refractivity contribution is 7.86. The molecule has 22 heavy (non-hydrogen) atoms. The SMILES string of the molecule is CC1=C/C(=N\OS(=O)(=O)c2ccc(Cl)cc2)[C@@H](Cl)[C@H](Cl)C1=O. The van der Waals surface area contributed by atoms with Crippen molar-refractivity contribution >= 4 is 56.4 Å². The number of benzene rings is 1. The Labute approximate surface area is 142 Å². The van der Waals surface area contributed by atoms with Gasteiger partial charge in [0.1, 0.15) is 21.4 Å². The molecule has 0 radical (unpaired) electrons. The number of hydrogen-bond donors (Lipinski definition) is 0. The Morgan fingerprint density at radius 2 is 1.73 bits per heavy atom. The Balaban J connectivity index is 2.27. The minimum absolute atomic E-state index is 0.0660. The number of alkyl halides is 2. The number of rotatable bonds is 3. The molecule has 0 N–H and O–H groups in total. The maximum atomic E-state index is 12.0. The summed E-state index contributed by atoms with van der Waals surface area (Å²) in [6.07, 6.45) is 1.34. The fourth-order valence-electron chi connectivity index (χ4n) is 1.69. The molecule has 0 amide bonds. The van der Waals surface area contributed by atoms with Crippen LogP contribution in [0.3, 0.4) is 0 Å². The smallest absolute Gasteiger partial charge is 0.293 e. The van der Waals surface area contributed by atoms with Crippen molar-refractivity contribution in [3.63, 3.8) is 0 Å². The zero-order valence-electron chi connectivity index (χ0n) is 11.2. The van der Waals surface area contributed by atoms with Gasteiger partial charge < -0.3 is 0 Å². The van der Waals surface area contributed by atoms with Gasteiger partial charge in [-0.2, -0.15) is 8.42 Å². The van der Waals surface area contributed by atoms with Crippen molar-refractivity contribution in [2.75, 3.05) is 0 Å². The molecule has 1 aliphatic rings. The number of oxime groups is 1. The topological polar surface area (TPSA) is 72.8 Å². The Bertz CT molecular complexity index is 756. The Kier molecular flexibility index (Phi) is 5.17. The molecule has 0 bridgehead atoms. The normalized spacial score (nSPS) is 24.3. The molecule has 9 heteroatoms. The highest BCUT2D eigenvalue weighted by Gasteiger charge is 2.34. The first-order valence-corrected chi connectivity index (χ1v) is 8.66. The molecule has 5 nitrogen and oxygen atoms in total. The van der Waals surface area contributed by atoms with Crippen molar-refractivity contribution in [1.29, 1.82) is 0 Å². The van der Waals surface area contributed by atoms with E-state index in [1.54, 1.807) is 0 Å². The highest BCUT2D eigenvalue weighted by atomic mass is 35.5. The van der Waals surface area contributed by atoms with E-state index >= 15 is 0 Å². The first-order valence-electron chi connectivity index (χ1n) is 6.00.